The van der Waals surface area contributed by atoms with Gasteiger partial charge in [-0.3, -0.25) is 4.79 Å². The molecule has 1 saturated carbocycles. The van der Waals surface area contributed by atoms with Gasteiger partial charge in [0.05, 0.1) is 16.6 Å². The monoisotopic (exact) mass is 357 g/mol. The highest BCUT2D eigenvalue weighted by Crippen LogP contribution is 2.42. The summed E-state index contributed by atoms with van der Waals surface area (Å²) >= 11 is 0. The first-order chi connectivity index (χ1) is 12.4. The number of phenolic OH excluding ortho intramolecular Hbond substituents is 1. The van der Waals surface area contributed by atoms with Gasteiger partial charge in [0.25, 0.3) is 0 Å². The van der Waals surface area contributed by atoms with E-state index in [0.29, 0.717) is 23.7 Å². The van der Waals surface area contributed by atoms with Gasteiger partial charge in [0, 0.05) is 31.4 Å². The molecule has 2 heterocycles. The zero-order valence-corrected chi connectivity index (χ0v) is 14.7. The van der Waals surface area contributed by atoms with Crippen LogP contribution in [0.15, 0.2) is 23.1 Å². The Bertz CT molecular complexity index is 938. The summed E-state index contributed by atoms with van der Waals surface area (Å²) < 4.78 is 1.76. The van der Waals surface area contributed by atoms with Gasteiger partial charge in [-0.15, -0.1) is 0 Å². The molecule has 2 aromatic rings. The number of rotatable bonds is 3. The van der Waals surface area contributed by atoms with Crippen LogP contribution < -0.4 is 16.1 Å². The molecule has 4 rings (SSSR count). The smallest absolute Gasteiger partial charge is 0.341 e. The molecule has 1 aromatic heterocycles. The largest absolute Gasteiger partial charge is 0.504 e. The van der Waals surface area contributed by atoms with Crippen molar-refractivity contribution in [2.45, 2.75) is 38.3 Å². The number of pyridine rings is 1. The van der Waals surface area contributed by atoms with Gasteiger partial charge in [-0.25, -0.2) is 4.79 Å². The number of aromatic carboxylic acids is 1. The van der Waals surface area contributed by atoms with Crippen LogP contribution in [0.1, 0.15) is 42.6 Å². The minimum absolute atomic E-state index is 0.0322. The summed E-state index contributed by atoms with van der Waals surface area (Å²) in [6, 6.07) is 3.49. The average molecular weight is 357 g/mol. The van der Waals surface area contributed by atoms with E-state index in [1.54, 1.807) is 16.7 Å². The topological polar surface area (TPSA) is 109 Å². The molecule has 2 fully saturated rings. The van der Waals surface area contributed by atoms with Crippen LogP contribution in [0.2, 0.25) is 0 Å². The molecule has 1 saturated heterocycles. The Morgan fingerprint density at radius 2 is 2.00 bits per heavy atom. The molecule has 0 bridgehead atoms. The summed E-state index contributed by atoms with van der Waals surface area (Å²) in [5.74, 6) is -0.802. The second-order valence-corrected chi connectivity index (χ2v) is 7.65. The van der Waals surface area contributed by atoms with Gasteiger partial charge in [0.2, 0.25) is 5.43 Å². The summed E-state index contributed by atoms with van der Waals surface area (Å²) in [7, 11) is 0. The number of fused-ring (bicyclic) bond motifs is 1. The highest BCUT2D eigenvalue weighted by molar-refractivity contribution is 5.96. The highest BCUT2D eigenvalue weighted by Gasteiger charge is 2.30. The molecule has 4 N–H and O–H groups in total. The van der Waals surface area contributed by atoms with E-state index in [1.165, 1.54) is 6.20 Å². The third kappa shape index (κ3) is 2.72. The zero-order valence-electron chi connectivity index (χ0n) is 14.7. The number of aromatic nitrogens is 1. The van der Waals surface area contributed by atoms with Crippen LogP contribution in [0.4, 0.5) is 5.69 Å². The van der Waals surface area contributed by atoms with Crippen molar-refractivity contribution in [1.29, 1.82) is 0 Å². The lowest BCUT2D eigenvalue weighted by Crippen LogP contribution is -2.46. The van der Waals surface area contributed by atoms with Gasteiger partial charge in [-0.05, 0) is 37.3 Å². The van der Waals surface area contributed by atoms with Gasteiger partial charge < -0.3 is 25.4 Å². The molecule has 1 aliphatic carbocycles. The fraction of sp³-hybridized carbons (Fsp3) is 0.474. The Morgan fingerprint density at radius 3 is 2.62 bits per heavy atom. The first-order valence-electron chi connectivity index (χ1n) is 9.01. The van der Waals surface area contributed by atoms with E-state index >= 15 is 0 Å². The molecule has 7 heteroatoms. The molecule has 7 nitrogen and oxygen atoms in total. The lowest BCUT2D eigenvalue weighted by atomic mass is 9.95. The molecule has 2 aliphatic rings. The van der Waals surface area contributed by atoms with E-state index in [4.69, 9.17) is 5.73 Å². The third-order valence-corrected chi connectivity index (χ3v) is 5.35. The summed E-state index contributed by atoms with van der Waals surface area (Å²) in [5.41, 5.74) is 6.39. The van der Waals surface area contributed by atoms with Crippen LogP contribution in [-0.4, -0.2) is 39.9 Å². The van der Waals surface area contributed by atoms with Gasteiger partial charge in [0.1, 0.15) is 5.56 Å². The summed E-state index contributed by atoms with van der Waals surface area (Å²) in [6.45, 7) is 3.56. The first-order valence-corrected chi connectivity index (χ1v) is 9.01. The van der Waals surface area contributed by atoms with Crippen molar-refractivity contribution >= 4 is 22.6 Å². The van der Waals surface area contributed by atoms with Gasteiger partial charge in [-0.2, -0.15) is 0 Å². The maximum absolute atomic E-state index is 12.6. The predicted octanol–water partition coefficient (Wildman–Crippen LogP) is 1.91. The van der Waals surface area contributed by atoms with E-state index in [1.807, 2.05) is 0 Å². The molecule has 2 atom stereocenters. The summed E-state index contributed by atoms with van der Waals surface area (Å²) in [4.78, 5) is 26.1. The van der Waals surface area contributed by atoms with E-state index in [9.17, 15) is 19.8 Å². The molecule has 138 valence electrons. The van der Waals surface area contributed by atoms with Gasteiger partial charge in [-0.1, -0.05) is 6.92 Å². The quantitative estimate of drug-likeness (QED) is 0.774. The van der Waals surface area contributed by atoms with Crippen molar-refractivity contribution in [3.05, 3.63) is 34.1 Å². The fourth-order valence-corrected chi connectivity index (χ4v) is 4.07. The Morgan fingerprint density at radius 1 is 1.27 bits per heavy atom. The van der Waals surface area contributed by atoms with Crippen LogP contribution in [-0.2, 0) is 0 Å². The number of nitrogens with two attached hydrogens (primary N) is 1. The Hall–Kier alpha value is -2.54. The molecular weight excluding hydrogens is 334 g/mol. The maximum Gasteiger partial charge on any atom is 0.341 e. The van der Waals surface area contributed by atoms with Gasteiger partial charge in [0.15, 0.2) is 5.75 Å². The van der Waals surface area contributed by atoms with Crippen LogP contribution in [0, 0.1) is 5.92 Å². The Kier molecular flexibility index (Phi) is 3.91. The molecule has 0 spiro atoms. The van der Waals surface area contributed by atoms with Crippen molar-refractivity contribution < 1.29 is 15.0 Å². The number of carboxylic acid groups (broad SMARTS) is 1. The maximum atomic E-state index is 12.6. The van der Waals surface area contributed by atoms with E-state index in [0.717, 1.165) is 25.8 Å². The normalized spacial score (nSPS) is 23.4. The molecular formula is C19H23N3O4. The Balaban J connectivity index is 1.92. The molecule has 0 amide bonds. The summed E-state index contributed by atoms with van der Waals surface area (Å²) in [5, 5.41) is 20.6. The fourth-order valence-electron chi connectivity index (χ4n) is 4.07. The van der Waals surface area contributed by atoms with E-state index < -0.39 is 11.4 Å². The van der Waals surface area contributed by atoms with Crippen molar-refractivity contribution in [2.75, 3.05) is 18.0 Å². The summed E-state index contributed by atoms with van der Waals surface area (Å²) in [6.07, 6.45) is 4.14. The van der Waals surface area contributed by atoms with Crippen LogP contribution >= 0.6 is 0 Å². The lowest BCUT2D eigenvalue weighted by molar-refractivity contribution is 0.0695. The minimum Gasteiger partial charge on any atom is -0.504 e. The van der Waals surface area contributed by atoms with Crippen molar-refractivity contribution in [1.82, 2.24) is 4.57 Å². The van der Waals surface area contributed by atoms with Crippen LogP contribution in [0.25, 0.3) is 10.9 Å². The molecule has 1 aliphatic heterocycles. The molecule has 0 radical (unpaired) electrons. The second-order valence-electron chi connectivity index (χ2n) is 7.65. The highest BCUT2D eigenvalue weighted by atomic mass is 16.4. The minimum atomic E-state index is -1.24. The number of aromatic hydroxyl groups is 1. The Labute approximate surface area is 150 Å². The number of hydrogen-bond donors (Lipinski definition) is 3. The molecule has 0 unspecified atom stereocenters. The number of carboxylic acids is 1. The number of anilines is 1. The van der Waals surface area contributed by atoms with Crippen molar-refractivity contribution in [3.63, 3.8) is 0 Å². The zero-order chi connectivity index (χ0) is 18.6. The third-order valence-electron chi connectivity index (χ3n) is 5.35. The second kappa shape index (κ2) is 6.02. The number of benzene rings is 1. The lowest BCUT2D eigenvalue weighted by Gasteiger charge is -2.37. The average Bonchev–Trinajstić information content (AvgIpc) is 3.39. The number of carbonyl (C=O) groups is 1. The predicted molar refractivity (Wildman–Crippen MR) is 99.1 cm³/mol. The first kappa shape index (κ1) is 16.9. The van der Waals surface area contributed by atoms with Crippen molar-refractivity contribution in [2.24, 2.45) is 11.7 Å². The standard InChI is InChI=1S/C19H23N3O4/c1-10-6-11(20)8-21(7-10)15-5-4-13-16(18(15)24)22(12-2-3-12)9-14(17(13)23)19(25)26/h4-5,9-12,24H,2-3,6-8,20H2,1H3,(H,25,26)/t10-,11+/m1/s1. The molecule has 26 heavy (non-hydrogen) atoms. The number of nitrogens with zero attached hydrogens (tertiary/aromatic N) is 2. The van der Waals surface area contributed by atoms with Crippen LogP contribution in [0.5, 0.6) is 5.75 Å². The number of piperidine rings is 1. The van der Waals surface area contributed by atoms with E-state index in [-0.39, 0.29) is 28.8 Å². The molecule has 1 aromatic carbocycles. The number of phenols is 1. The SMILES string of the molecule is C[C@@H]1C[C@H](N)CN(c2ccc3c(=O)c(C(=O)O)cn(C4CC4)c3c2O)C1. The number of hydrogen-bond acceptors (Lipinski definition) is 5. The van der Waals surface area contributed by atoms with Crippen LogP contribution in [0.3, 0.4) is 0 Å². The van der Waals surface area contributed by atoms with Crippen molar-refractivity contribution in [3.8, 4) is 5.75 Å². The van der Waals surface area contributed by atoms with Gasteiger partial charge >= 0.3 is 5.97 Å². The van der Waals surface area contributed by atoms with E-state index in [2.05, 4.69) is 11.8 Å².